The summed E-state index contributed by atoms with van der Waals surface area (Å²) in [6.07, 6.45) is 4.24. The van der Waals surface area contributed by atoms with E-state index in [0.717, 1.165) is 35.2 Å². The van der Waals surface area contributed by atoms with E-state index in [-0.39, 0.29) is 49.8 Å². The summed E-state index contributed by atoms with van der Waals surface area (Å²) in [7, 11) is 1.55. The molecule has 5 amide bonds. The second-order valence-electron chi connectivity index (χ2n) is 15.2. The lowest BCUT2D eigenvalue weighted by Gasteiger charge is -2.29. The van der Waals surface area contributed by atoms with Gasteiger partial charge in [-0.15, -0.1) is 0 Å². The maximum absolute atomic E-state index is 14.2. The molecule has 0 unspecified atom stereocenters. The smallest absolute Gasteiger partial charge is 0.253 e. The van der Waals surface area contributed by atoms with Gasteiger partial charge in [0.2, 0.25) is 23.6 Å². The van der Waals surface area contributed by atoms with E-state index in [1.54, 1.807) is 56.5 Å². The number of carbonyl (C=O) groups is 5. The highest BCUT2D eigenvalue weighted by molar-refractivity contribution is 5.99. The van der Waals surface area contributed by atoms with Crippen molar-refractivity contribution < 1.29 is 33.4 Å². The number of amides is 5. The van der Waals surface area contributed by atoms with Crippen molar-refractivity contribution >= 4 is 29.5 Å². The second-order valence-corrected chi connectivity index (χ2v) is 15.2. The standard InChI is InChI=1S/C42H54N6O7/c1-25(2)17-33-24-55-35-15-11-30(12-16-35)20-37(46-39(50)32-18-26(3)27(4)43-21-32)41(52)47-36(19-29-9-13-34(54-6)14-10-29)40(51)44-28(5)42(53)48(22-31-7-8-31)23-38(49)45-33/h9-16,18,21,25,28,31,33,36-37H,7-8,17,19-20,22-24H2,1-6H3,(H,44,51)(H,45,49)(H,46,50)(H,47,52)/t28-,33+,36+,37+/m1/s1. The zero-order chi connectivity index (χ0) is 39.6. The Morgan fingerprint density at radius 2 is 1.69 bits per heavy atom. The number of hydrogen-bond donors (Lipinski definition) is 4. The lowest BCUT2D eigenvalue weighted by atomic mass is 10.0. The molecular weight excluding hydrogens is 700 g/mol. The topological polar surface area (TPSA) is 168 Å². The van der Waals surface area contributed by atoms with Crippen LogP contribution in [0.15, 0.2) is 60.8 Å². The average Bonchev–Trinajstić information content (AvgIpc) is 3.98. The van der Waals surface area contributed by atoms with Crippen LogP contribution in [0.1, 0.15) is 72.8 Å². The van der Waals surface area contributed by atoms with E-state index >= 15 is 0 Å². The van der Waals surface area contributed by atoms with E-state index in [0.29, 0.717) is 30.0 Å². The van der Waals surface area contributed by atoms with Gasteiger partial charge < -0.3 is 35.6 Å². The van der Waals surface area contributed by atoms with Crippen molar-refractivity contribution in [3.05, 3.63) is 88.7 Å². The second kappa shape index (κ2) is 18.7. The summed E-state index contributed by atoms with van der Waals surface area (Å²) in [6.45, 7) is 9.86. The Kier molecular flexibility index (Phi) is 13.9. The molecule has 13 heteroatoms. The van der Waals surface area contributed by atoms with E-state index in [1.807, 2.05) is 26.0 Å². The van der Waals surface area contributed by atoms with Gasteiger partial charge in [-0.05, 0) is 98.9 Å². The summed E-state index contributed by atoms with van der Waals surface area (Å²) >= 11 is 0. The molecule has 1 aromatic heterocycles. The Labute approximate surface area is 323 Å². The third kappa shape index (κ3) is 12.0. The Morgan fingerprint density at radius 1 is 0.982 bits per heavy atom. The third-order valence-corrected chi connectivity index (χ3v) is 9.94. The number of benzene rings is 2. The van der Waals surface area contributed by atoms with Crippen molar-refractivity contribution in [3.63, 3.8) is 0 Å². The van der Waals surface area contributed by atoms with Gasteiger partial charge in [0.15, 0.2) is 0 Å². The summed E-state index contributed by atoms with van der Waals surface area (Å²) in [5.74, 6) is -0.612. The average molecular weight is 755 g/mol. The van der Waals surface area contributed by atoms with Crippen LogP contribution in [0.5, 0.6) is 11.5 Å². The van der Waals surface area contributed by atoms with Gasteiger partial charge in [0.05, 0.1) is 25.3 Å². The number of carbonyl (C=O) groups excluding carboxylic acids is 5. The van der Waals surface area contributed by atoms with Crippen LogP contribution in [-0.4, -0.2) is 90.4 Å². The van der Waals surface area contributed by atoms with E-state index < -0.39 is 41.8 Å². The van der Waals surface area contributed by atoms with Gasteiger partial charge in [-0.1, -0.05) is 38.1 Å². The Morgan fingerprint density at radius 3 is 2.33 bits per heavy atom. The number of aromatic nitrogens is 1. The SMILES string of the molecule is COc1ccc(C[C@@H]2NC(=O)[C@@H](NC(=O)c3cnc(C)c(C)c3)Cc3ccc(cc3)OC[C@H](CC(C)C)NC(=O)CN(CC3CC3)C(=O)[C@@H](C)NC2=O)cc1. The van der Waals surface area contributed by atoms with Gasteiger partial charge in [-0.2, -0.15) is 0 Å². The molecule has 2 aromatic carbocycles. The fourth-order valence-electron chi connectivity index (χ4n) is 6.53. The number of nitrogens with one attached hydrogen (secondary N) is 4. The predicted octanol–water partition coefficient (Wildman–Crippen LogP) is 3.44. The van der Waals surface area contributed by atoms with Gasteiger partial charge >= 0.3 is 0 Å². The summed E-state index contributed by atoms with van der Waals surface area (Å²) < 4.78 is 11.4. The summed E-state index contributed by atoms with van der Waals surface area (Å²) in [6, 6.07) is 12.5. The van der Waals surface area contributed by atoms with E-state index in [2.05, 4.69) is 40.1 Å². The van der Waals surface area contributed by atoms with Gasteiger partial charge in [-0.3, -0.25) is 29.0 Å². The van der Waals surface area contributed by atoms with Crippen LogP contribution in [0.4, 0.5) is 0 Å². The van der Waals surface area contributed by atoms with Crippen LogP contribution in [0, 0.1) is 25.7 Å². The number of pyridine rings is 1. The van der Waals surface area contributed by atoms with E-state index in [4.69, 9.17) is 9.47 Å². The molecule has 1 aliphatic carbocycles. The minimum absolute atomic E-state index is 0.0850. The van der Waals surface area contributed by atoms with E-state index in [1.165, 1.54) is 11.1 Å². The molecule has 55 heavy (non-hydrogen) atoms. The largest absolute Gasteiger partial charge is 0.497 e. The molecule has 3 heterocycles. The minimum Gasteiger partial charge on any atom is -0.497 e. The van der Waals surface area contributed by atoms with Crippen LogP contribution >= 0.6 is 0 Å². The van der Waals surface area contributed by atoms with Gasteiger partial charge in [0, 0.05) is 31.3 Å². The number of ether oxygens (including phenoxy) is 2. The fourth-order valence-corrected chi connectivity index (χ4v) is 6.53. The quantitative estimate of drug-likeness (QED) is 0.241. The Balaban J connectivity index is 1.48. The zero-order valence-corrected chi connectivity index (χ0v) is 32.6. The van der Waals surface area contributed by atoms with Crippen LogP contribution in [0.2, 0.25) is 0 Å². The number of rotatable bonds is 9. The normalized spacial score (nSPS) is 21.6. The molecule has 4 atom stereocenters. The highest BCUT2D eigenvalue weighted by Gasteiger charge is 2.34. The molecular formula is C42H54N6O7. The summed E-state index contributed by atoms with van der Waals surface area (Å²) in [5.41, 5.74) is 3.38. The molecule has 0 radical (unpaired) electrons. The summed E-state index contributed by atoms with van der Waals surface area (Å²) in [4.78, 5) is 75.0. The Bertz CT molecular complexity index is 1830. The van der Waals surface area contributed by atoms with Crippen molar-refractivity contribution in [1.82, 2.24) is 31.2 Å². The molecule has 3 aromatic rings. The molecule has 13 nitrogen and oxygen atoms in total. The lowest BCUT2D eigenvalue weighted by molar-refractivity contribution is -0.140. The molecule has 3 aliphatic rings. The maximum atomic E-state index is 14.2. The fraction of sp³-hybridized carbons (Fsp3) is 0.476. The molecule has 2 bridgehead atoms. The first-order valence-electron chi connectivity index (χ1n) is 19.1. The van der Waals surface area contributed by atoms with Crippen molar-refractivity contribution in [3.8, 4) is 11.5 Å². The van der Waals surface area contributed by atoms with Crippen molar-refractivity contribution in [2.75, 3.05) is 26.8 Å². The molecule has 6 rings (SSSR count). The molecule has 2 aliphatic heterocycles. The van der Waals surface area contributed by atoms with Crippen molar-refractivity contribution in [2.24, 2.45) is 11.8 Å². The number of hydrogen-bond acceptors (Lipinski definition) is 8. The van der Waals surface area contributed by atoms with Crippen LogP contribution in [0.25, 0.3) is 0 Å². The maximum Gasteiger partial charge on any atom is 0.253 e. The van der Waals surface area contributed by atoms with Crippen LogP contribution in [-0.2, 0) is 32.0 Å². The molecule has 1 fully saturated rings. The highest BCUT2D eigenvalue weighted by atomic mass is 16.5. The first-order chi connectivity index (χ1) is 26.3. The van der Waals surface area contributed by atoms with Crippen LogP contribution in [0.3, 0.4) is 0 Å². The first-order valence-corrected chi connectivity index (χ1v) is 19.1. The number of methoxy groups -OCH3 is 1. The monoisotopic (exact) mass is 754 g/mol. The Hall–Kier alpha value is -5.46. The number of nitrogens with zero attached hydrogens (tertiary/aromatic N) is 2. The molecule has 4 N–H and O–H groups in total. The minimum atomic E-state index is -1.13. The molecule has 0 spiro atoms. The van der Waals surface area contributed by atoms with E-state index in [9.17, 15) is 24.0 Å². The first kappa shape index (κ1) is 40.7. The number of aryl methyl sites for hydroxylation is 2. The van der Waals surface area contributed by atoms with Gasteiger partial charge in [-0.25, -0.2) is 0 Å². The molecule has 294 valence electrons. The van der Waals surface area contributed by atoms with Crippen LogP contribution < -0.4 is 30.7 Å². The zero-order valence-electron chi connectivity index (χ0n) is 32.6. The number of fused-ring (bicyclic) bond motifs is 17. The van der Waals surface area contributed by atoms with Crippen molar-refractivity contribution in [1.29, 1.82) is 0 Å². The predicted molar refractivity (Wildman–Crippen MR) is 208 cm³/mol. The lowest BCUT2D eigenvalue weighted by Crippen LogP contribution is -2.58. The molecule has 1 saturated carbocycles. The van der Waals surface area contributed by atoms with Gasteiger partial charge in [0.25, 0.3) is 5.91 Å². The summed E-state index contributed by atoms with van der Waals surface area (Å²) in [5, 5.41) is 11.6. The highest BCUT2D eigenvalue weighted by Crippen LogP contribution is 2.30. The van der Waals surface area contributed by atoms with Crippen molar-refractivity contribution in [2.45, 2.75) is 90.9 Å². The molecule has 0 saturated heterocycles. The van der Waals surface area contributed by atoms with Gasteiger partial charge in [0.1, 0.15) is 36.2 Å². The third-order valence-electron chi connectivity index (χ3n) is 9.94.